The van der Waals surface area contributed by atoms with Crippen LogP contribution in [0.4, 0.5) is 13.2 Å². The van der Waals surface area contributed by atoms with Crippen LogP contribution in [0.1, 0.15) is 35.1 Å². The van der Waals surface area contributed by atoms with Gasteiger partial charge in [0.15, 0.2) is 0 Å². The van der Waals surface area contributed by atoms with Gasteiger partial charge in [0, 0.05) is 62.6 Å². The van der Waals surface area contributed by atoms with Crippen molar-refractivity contribution in [1.82, 2.24) is 9.97 Å². The first-order valence-corrected chi connectivity index (χ1v) is 37.0. The number of pyridine rings is 2. The van der Waals surface area contributed by atoms with Gasteiger partial charge in [0.1, 0.15) is 5.75 Å². The van der Waals surface area contributed by atoms with Crippen molar-refractivity contribution in [3.8, 4) is 61.9 Å². The van der Waals surface area contributed by atoms with Crippen LogP contribution >= 0.6 is 22.7 Å². The monoisotopic (exact) mass is 1420 g/mol. The summed E-state index contributed by atoms with van der Waals surface area (Å²) >= 11 is 3.51. The van der Waals surface area contributed by atoms with E-state index >= 15 is 0 Å². The molecule has 104 heavy (non-hydrogen) atoms. The molecule has 0 aliphatic carbocycles. The van der Waals surface area contributed by atoms with Crippen LogP contribution < -0.4 is 9.65 Å². The summed E-state index contributed by atoms with van der Waals surface area (Å²) in [6.45, 7) is 8.38. The third-order valence-corrected chi connectivity index (χ3v) is 23.4. The third kappa shape index (κ3) is 12.2. The minimum atomic E-state index is -5.76. The Morgan fingerprint density at radius 3 is 1.16 bits per heavy atom. The molecule has 1 aliphatic rings. The van der Waals surface area contributed by atoms with Gasteiger partial charge in [-0.1, -0.05) is 250 Å². The van der Waals surface area contributed by atoms with E-state index in [0.717, 1.165) is 54.2 Å². The molecule has 0 atom stereocenters. The predicted octanol–water partition coefficient (Wildman–Crippen LogP) is 25.0. The Morgan fingerprint density at radius 1 is 0.346 bits per heavy atom. The van der Waals surface area contributed by atoms with Gasteiger partial charge in [-0.3, -0.25) is 0 Å². The largest absolute Gasteiger partial charge is 0.534 e. The molecule has 0 saturated carbocycles. The fraction of sp³-hybridized carbons (Fsp3) is 0.0889. The second kappa shape index (κ2) is 26.6. The van der Waals surface area contributed by atoms with Crippen molar-refractivity contribution in [3.63, 3.8) is 0 Å². The Morgan fingerprint density at radius 2 is 0.692 bits per heavy atom. The lowest BCUT2D eigenvalue weighted by molar-refractivity contribution is -0.0500. The summed E-state index contributed by atoms with van der Waals surface area (Å²) in [5.74, 6) is -0.441. The topological polar surface area (TPSA) is 87.6 Å². The molecule has 18 aromatic rings. The van der Waals surface area contributed by atoms with Gasteiger partial charge < -0.3 is 13.5 Å². The molecule has 7 nitrogen and oxygen atoms in total. The second-order valence-electron chi connectivity index (χ2n) is 26.8. The zero-order valence-corrected chi connectivity index (χ0v) is 58.7. The van der Waals surface area contributed by atoms with Crippen LogP contribution in [-0.4, -0.2) is 42.2 Å². The number of alkyl halides is 3. The van der Waals surface area contributed by atoms with E-state index in [2.05, 4.69) is 268 Å². The van der Waals surface area contributed by atoms with Crippen molar-refractivity contribution >= 4 is 150 Å². The van der Waals surface area contributed by atoms with E-state index in [1.54, 1.807) is 29.5 Å². The molecule has 508 valence electrons. The number of nitrogens with zero attached hydrogens (tertiary/aromatic N) is 2. The molecule has 0 radical (unpaired) electrons. The highest BCUT2D eigenvalue weighted by molar-refractivity contribution is 7.88. The predicted molar refractivity (Wildman–Crippen MR) is 431 cm³/mol. The van der Waals surface area contributed by atoms with E-state index in [0.29, 0.717) is 17.0 Å². The van der Waals surface area contributed by atoms with Gasteiger partial charge in [0.2, 0.25) is 0 Å². The smallest absolute Gasteiger partial charge is 0.399 e. The summed E-state index contributed by atoms with van der Waals surface area (Å²) in [4.78, 5) is 9.90. The molecule has 0 spiro atoms. The minimum absolute atomic E-state index is 0. The van der Waals surface area contributed by atoms with Crippen LogP contribution in [0.15, 0.2) is 303 Å². The van der Waals surface area contributed by atoms with Crippen molar-refractivity contribution in [1.29, 1.82) is 0 Å². The van der Waals surface area contributed by atoms with Gasteiger partial charge in [-0.25, -0.2) is 9.97 Å². The highest BCUT2D eigenvalue weighted by atomic mass is 32.2. The highest BCUT2D eigenvalue weighted by Crippen LogP contribution is 2.45. The number of fused-ring (bicyclic) bond motifs is 18. The number of hydrogen-bond acceptors (Lipinski definition) is 9. The quantitative estimate of drug-likeness (QED) is 0.0648. The van der Waals surface area contributed by atoms with E-state index in [-0.39, 0.29) is 25.7 Å². The molecule has 0 bridgehead atoms. The number of hydrogen-bond donors (Lipinski definition) is 0. The van der Waals surface area contributed by atoms with E-state index in [1.165, 1.54) is 114 Å². The normalized spacial score (nSPS) is 13.6. The fourth-order valence-corrected chi connectivity index (χ4v) is 17.2. The van der Waals surface area contributed by atoms with Gasteiger partial charge in [0.05, 0.1) is 34.0 Å². The van der Waals surface area contributed by atoms with E-state index < -0.39 is 21.4 Å². The molecule has 0 unspecified atom stereocenters. The van der Waals surface area contributed by atoms with Gasteiger partial charge in [-0.05, 0) is 170 Å². The summed E-state index contributed by atoms with van der Waals surface area (Å²) in [5.41, 5.74) is 4.10. The second-order valence-corrected chi connectivity index (χ2v) is 30.4. The van der Waals surface area contributed by atoms with Gasteiger partial charge in [-0.15, -0.1) is 22.7 Å². The van der Waals surface area contributed by atoms with Crippen LogP contribution in [0.25, 0.3) is 161 Å². The average Bonchev–Trinajstić information content (AvgIpc) is 0.968. The Kier molecular flexibility index (Phi) is 17.3. The van der Waals surface area contributed by atoms with E-state index in [9.17, 15) is 21.6 Å². The Balaban J connectivity index is 0.000000123. The van der Waals surface area contributed by atoms with E-state index in [4.69, 9.17) is 19.3 Å². The van der Waals surface area contributed by atoms with Crippen LogP contribution in [0.3, 0.4) is 0 Å². The summed E-state index contributed by atoms with van der Waals surface area (Å²) in [7, 11) is -6.10. The fourth-order valence-electron chi connectivity index (χ4n) is 14.3. The lowest BCUT2D eigenvalue weighted by Crippen LogP contribution is -2.41. The Labute approximate surface area is 608 Å². The highest BCUT2D eigenvalue weighted by Gasteiger charge is 2.52. The number of thiophene rings is 2. The summed E-state index contributed by atoms with van der Waals surface area (Å²) in [6, 6.07) is 104. The average molecular weight is 1420 g/mol. The maximum absolute atomic E-state index is 12.7. The Bertz CT molecular complexity index is 6460. The van der Waals surface area contributed by atoms with Crippen LogP contribution in [0.2, 0.25) is 0 Å². The first-order valence-electron chi connectivity index (χ1n) is 33.9. The molecule has 1 saturated heterocycles. The van der Waals surface area contributed by atoms with Crippen molar-refractivity contribution in [3.05, 3.63) is 303 Å². The molecule has 0 amide bonds. The maximum atomic E-state index is 12.7. The number of rotatable bonds is 8. The number of halogens is 3. The molecule has 14 aromatic carbocycles. The van der Waals surface area contributed by atoms with Gasteiger partial charge in [0.25, 0.3) is 0 Å². The Hall–Kier alpha value is -11.1. The van der Waals surface area contributed by atoms with Gasteiger partial charge >= 0.3 is 22.7 Å². The molecular formula is C90H66BF3N2O5S3. The van der Waals surface area contributed by atoms with Crippen molar-refractivity contribution in [2.75, 3.05) is 0 Å². The van der Waals surface area contributed by atoms with Crippen molar-refractivity contribution in [2.45, 2.75) is 51.8 Å². The van der Waals surface area contributed by atoms with Crippen molar-refractivity contribution in [2.24, 2.45) is 0 Å². The molecule has 0 N–H and O–H groups in total. The summed E-state index contributed by atoms with van der Waals surface area (Å²) in [6.07, 6.45) is 0. The van der Waals surface area contributed by atoms with Crippen LogP contribution in [0, 0.1) is 0 Å². The first-order chi connectivity index (χ1) is 49.9. The standard InChI is InChI=1S/C41H25NS.C24H23BO2.C24H14F3NO3S2.CH4/c1-2-14-31-29(12-1)30-13-3-4-15-32(30)37-25-27(22-23-33(31)37)26-10-7-11-28(24-26)38-19-9-20-39(42-38)36-18-8-17-35-34-16-5-6-21-40(34)43-41(35)36;1-23(2)24(3,4)27-25(26-23)16-13-14-21-19-11-6-5-9-17(19)18-10-7-8-12-20(18)22(21)15-16;25-24(26,27)33(29,30)31-16-7-3-6-15(14-16)20-11-5-12-21(28-20)19-10-4-9-18-17-8-1-2-13-22(17)32-23(18)19;/h1-25H;5-15H,1-4H3;1-14H;1H4. The zero-order chi connectivity index (χ0) is 70.4. The zero-order valence-electron chi connectivity index (χ0n) is 56.2. The summed E-state index contributed by atoms with van der Waals surface area (Å²) in [5, 5.41) is 20.3. The number of benzene rings is 14. The van der Waals surface area contributed by atoms with Crippen molar-refractivity contribution < 1.29 is 35.1 Å². The minimum Gasteiger partial charge on any atom is -0.399 e. The molecule has 4 aromatic heterocycles. The number of aromatic nitrogens is 2. The first kappa shape index (κ1) is 67.4. The molecule has 14 heteroatoms. The van der Waals surface area contributed by atoms with Gasteiger partial charge in [-0.2, -0.15) is 21.6 Å². The van der Waals surface area contributed by atoms with Crippen LogP contribution in [0.5, 0.6) is 5.75 Å². The SMILES string of the molecule is C.CC1(C)OB(c2ccc3c4ccccc4c4ccccc4c3c2)OC1(C)C.O=S(=O)(Oc1cccc(-c2cccc(-c3cccc4c3sc3ccccc34)n2)c1)C(F)(F)F.c1cc(-c2ccc3c4ccccc4c4ccccc4c3c2)cc(-c2cccc(-c3cccc4c3sc3ccccc34)n2)c1. The molecule has 1 fully saturated rings. The lowest BCUT2D eigenvalue weighted by atomic mass is 9.77. The molecule has 5 heterocycles. The molecular weight excluding hydrogens is 1350 g/mol. The molecule has 1 aliphatic heterocycles. The lowest BCUT2D eigenvalue weighted by Gasteiger charge is -2.32. The maximum Gasteiger partial charge on any atom is 0.534 e. The van der Waals surface area contributed by atoms with Crippen LogP contribution in [-0.2, 0) is 19.4 Å². The summed E-state index contributed by atoms with van der Waals surface area (Å²) < 4.78 is 82.3. The van der Waals surface area contributed by atoms with E-state index in [1.807, 2.05) is 41.7 Å². The molecule has 19 rings (SSSR count). The third-order valence-electron chi connectivity index (χ3n) is 20.0.